The summed E-state index contributed by atoms with van der Waals surface area (Å²) in [6.07, 6.45) is -0.504. The molecule has 1 aromatic rings. The van der Waals surface area contributed by atoms with Crippen LogP contribution in [0.5, 0.6) is 0 Å². The van der Waals surface area contributed by atoms with Crippen LogP contribution in [0.1, 0.15) is 12.0 Å². The molecule has 0 spiro atoms. The number of carbonyl (C=O) groups excluding carboxylic acids is 2. The molecule has 0 bridgehead atoms. The van der Waals surface area contributed by atoms with E-state index in [-0.39, 0.29) is 0 Å². The first-order chi connectivity index (χ1) is 9.42. The Morgan fingerprint density at radius 2 is 1.90 bits per heavy atom. The van der Waals surface area contributed by atoms with Crippen LogP contribution in [0.25, 0.3) is 0 Å². The molecule has 0 unspecified atom stereocenters. The van der Waals surface area contributed by atoms with Gasteiger partial charge in [0.2, 0.25) is 5.91 Å². The fourth-order valence-electron chi connectivity index (χ4n) is 1.35. The molecular formula is C12H12N4O4. The molecule has 8 nitrogen and oxygen atoms in total. The fraction of sp³-hybridized carbons (Fsp3) is 0.167. The zero-order valence-corrected chi connectivity index (χ0v) is 10.3. The van der Waals surface area contributed by atoms with Crippen molar-refractivity contribution in [2.45, 2.75) is 12.5 Å². The molecule has 0 aromatic heterocycles. The number of carboxylic acids is 1. The Morgan fingerprint density at radius 1 is 1.30 bits per heavy atom. The van der Waals surface area contributed by atoms with Crippen LogP contribution in [-0.2, 0) is 9.59 Å². The largest absolute Gasteiger partial charge is 0.480 e. The van der Waals surface area contributed by atoms with E-state index in [1.54, 1.807) is 0 Å². The van der Waals surface area contributed by atoms with E-state index in [0.717, 1.165) is 0 Å². The number of hydrogen-bond acceptors (Lipinski definition) is 4. The summed E-state index contributed by atoms with van der Waals surface area (Å²) in [7, 11) is 0. The maximum atomic E-state index is 11.6. The van der Waals surface area contributed by atoms with E-state index in [1.807, 2.05) is 6.07 Å². The van der Waals surface area contributed by atoms with Crippen molar-refractivity contribution >= 4 is 23.6 Å². The van der Waals surface area contributed by atoms with Crippen LogP contribution in [0.2, 0.25) is 0 Å². The Morgan fingerprint density at radius 3 is 2.35 bits per heavy atom. The van der Waals surface area contributed by atoms with Crippen molar-refractivity contribution in [2.75, 3.05) is 5.32 Å². The highest BCUT2D eigenvalue weighted by Crippen LogP contribution is 2.08. The van der Waals surface area contributed by atoms with Crippen molar-refractivity contribution in [3.05, 3.63) is 29.8 Å². The number of primary amides is 1. The van der Waals surface area contributed by atoms with E-state index in [1.165, 1.54) is 24.3 Å². The quantitative estimate of drug-likeness (QED) is 0.598. The van der Waals surface area contributed by atoms with Gasteiger partial charge in [-0.1, -0.05) is 0 Å². The number of nitriles is 1. The van der Waals surface area contributed by atoms with Gasteiger partial charge in [-0.2, -0.15) is 5.26 Å². The number of hydrogen-bond donors (Lipinski definition) is 4. The van der Waals surface area contributed by atoms with Gasteiger partial charge in [0.15, 0.2) is 0 Å². The van der Waals surface area contributed by atoms with Gasteiger partial charge in [-0.25, -0.2) is 9.59 Å². The van der Waals surface area contributed by atoms with Crippen molar-refractivity contribution in [1.82, 2.24) is 5.32 Å². The summed E-state index contributed by atoms with van der Waals surface area (Å²) in [6.45, 7) is 0. The Bertz CT molecular complexity index is 562. The number of benzene rings is 1. The lowest BCUT2D eigenvalue weighted by atomic mass is 10.2. The molecule has 5 N–H and O–H groups in total. The summed E-state index contributed by atoms with van der Waals surface area (Å²) < 4.78 is 0. The van der Waals surface area contributed by atoms with Gasteiger partial charge in [0.25, 0.3) is 0 Å². The number of urea groups is 1. The van der Waals surface area contributed by atoms with Gasteiger partial charge in [0.1, 0.15) is 6.04 Å². The standard InChI is InChI=1S/C12H12N4O4/c13-6-7-1-3-8(4-2-7)15-12(20)16-9(11(18)19)5-10(14)17/h1-4,9H,5H2,(H2,14,17)(H,18,19)(H2,15,16,20)/t9-/m0/s1. The number of carbonyl (C=O) groups is 3. The van der Waals surface area contributed by atoms with Crippen molar-refractivity contribution in [3.8, 4) is 6.07 Å². The maximum absolute atomic E-state index is 11.6. The summed E-state index contributed by atoms with van der Waals surface area (Å²) in [5.41, 5.74) is 5.69. The molecule has 0 fully saturated rings. The number of nitrogens with zero attached hydrogens (tertiary/aromatic N) is 1. The SMILES string of the molecule is N#Cc1ccc(NC(=O)N[C@@H](CC(N)=O)C(=O)O)cc1. The second-order valence-electron chi connectivity index (χ2n) is 3.85. The summed E-state index contributed by atoms with van der Waals surface area (Å²) in [5.74, 6) is -2.20. The van der Waals surface area contributed by atoms with Gasteiger partial charge in [0, 0.05) is 5.69 Å². The molecule has 0 heterocycles. The molecule has 8 heteroatoms. The van der Waals surface area contributed by atoms with Gasteiger partial charge < -0.3 is 21.5 Å². The van der Waals surface area contributed by atoms with E-state index >= 15 is 0 Å². The van der Waals surface area contributed by atoms with E-state index in [0.29, 0.717) is 11.3 Å². The first kappa shape index (κ1) is 15.0. The molecule has 0 aliphatic heterocycles. The van der Waals surface area contributed by atoms with E-state index < -0.39 is 30.4 Å². The third-order valence-electron chi connectivity index (χ3n) is 2.28. The molecule has 1 aromatic carbocycles. The number of rotatable bonds is 5. The zero-order valence-electron chi connectivity index (χ0n) is 10.3. The van der Waals surface area contributed by atoms with Crippen molar-refractivity contribution in [3.63, 3.8) is 0 Å². The molecule has 3 amide bonds. The molecule has 0 radical (unpaired) electrons. The van der Waals surface area contributed by atoms with Crippen LogP contribution in [0, 0.1) is 11.3 Å². The number of amides is 3. The van der Waals surface area contributed by atoms with E-state index in [2.05, 4.69) is 10.6 Å². The number of aliphatic carboxylic acids is 1. The second kappa shape index (κ2) is 6.75. The monoisotopic (exact) mass is 276 g/mol. The smallest absolute Gasteiger partial charge is 0.326 e. The second-order valence-corrected chi connectivity index (χ2v) is 3.85. The third-order valence-corrected chi connectivity index (χ3v) is 2.28. The molecule has 20 heavy (non-hydrogen) atoms. The molecular weight excluding hydrogens is 264 g/mol. The highest BCUT2D eigenvalue weighted by atomic mass is 16.4. The lowest BCUT2D eigenvalue weighted by Gasteiger charge is -2.13. The lowest BCUT2D eigenvalue weighted by molar-refractivity contribution is -0.140. The van der Waals surface area contributed by atoms with E-state index in [9.17, 15) is 14.4 Å². The number of nitrogens with one attached hydrogen (secondary N) is 2. The molecule has 104 valence electrons. The molecule has 0 aliphatic rings. The van der Waals surface area contributed by atoms with Gasteiger partial charge in [-0.05, 0) is 24.3 Å². The normalized spacial score (nSPS) is 10.9. The number of anilines is 1. The fourth-order valence-corrected chi connectivity index (χ4v) is 1.35. The maximum Gasteiger partial charge on any atom is 0.326 e. The minimum atomic E-state index is -1.40. The predicted molar refractivity (Wildman–Crippen MR) is 68.5 cm³/mol. The summed E-state index contributed by atoms with van der Waals surface area (Å²) in [6, 6.07) is 5.70. The highest BCUT2D eigenvalue weighted by molar-refractivity contribution is 5.93. The Hall–Kier alpha value is -3.08. The summed E-state index contributed by atoms with van der Waals surface area (Å²) >= 11 is 0. The van der Waals surface area contributed by atoms with Crippen molar-refractivity contribution < 1.29 is 19.5 Å². The lowest BCUT2D eigenvalue weighted by Crippen LogP contribution is -2.45. The van der Waals surface area contributed by atoms with Gasteiger partial charge in [-0.3, -0.25) is 4.79 Å². The van der Waals surface area contributed by atoms with E-state index in [4.69, 9.17) is 16.1 Å². The average Bonchev–Trinajstić information content (AvgIpc) is 2.38. The zero-order chi connectivity index (χ0) is 15.1. The predicted octanol–water partition coefficient (Wildman–Crippen LogP) is 0.00838. The van der Waals surface area contributed by atoms with Crippen LogP contribution < -0.4 is 16.4 Å². The summed E-state index contributed by atoms with van der Waals surface area (Å²) in [5, 5.41) is 21.9. The number of carboxylic acid groups (broad SMARTS) is 1. The average molecular weight is 276 g/mol. The topological polar surface area (TPSA) is 145 Å². The van der Waals surface area contributed by atoms with Crippen molar-refractivity contribution in [2.24, 2.45) is 5.73 Å². The molecule has 0 saturated heterocycles. The van der Waals surface area contributed by atoms with Crippen LogP contribution in [-0.4, -0.2) is 29.1 Å². The molecule has 0 saturated carbocycles. The van der Waals surface area contributed by atoms with Gasteiger partial charge in [0.05, 0.1) is 18.1 Å². The molecule has 1 rings (SSSR count). The van der Waals surface area contributed by atoms with Gasteiger partial charge >= 0.3 is 12.0 Å². The van der Waals surface area contributed by atoms with Crippen LogP contribution in [0.4, 0.5) is 10.5 Å². The van der Waals surface area contributed by atoms with Crippen LogP contribution in [0.15, 0.2) is 24.3 Å². The minimum Gasteiger partial charge on any atom is -0.480 e. The van der Waals surface area contributed by atoms with Crippen LogP contribution in [0.3, 0.4) is 0 Å². The highest BCUT2D eigenvalue weighted by Gasteiger charge is 2.21. The summed E-state index contributed by atoms with van der Waals surface area (Å²) in [4.78, 5) is 33.1. The Balaban J connectivity index is 2.63. The number of nitrogens with two attached hydrogens (primary N) is 1. The Kier molecular flexibility index (Phi) is 5.05. The molecule has 1 atom stereocenters. The molecule has 0 aliphatic carbocycles. The minimum absolute atomic E-state index is 0.379. The first-order valence-corrected chi connectivity index (χ1v) is 5.51. The third kappa shape index (κ3) is 4.66. The Labute approximate surface area is 114 Å². The van der Waals surface area contributed by atoms with Crippen molar-refractivity contribution in [1.29, 1.82) is 5.26 Å². The first-order valence-electron chi connectivity index (χ1n) is 5.51. The van der Waals surface area contributed by atoms with Crippen LogP contribution >= 0.6 is 0 Å². The van der Waals surface area contributed by atoms with Gasteiger partial charge in [-0.15, -0.1) is 0 Å².